The van der Waals surface area contributed by atoms with Gasteiger partial charge in [-0.2, -0.15) is 4.98 Å². The molecule has 0 bridgehead atoms. The molecule has 0 radical (unpaired) electrons. The van der Waals surface area contributed by atoms with E-state index in [0.717, 1.165) is 61.5 Å². The van der Waals surface area contributed by atoms with E-state index in [-0.39, 0.29) is 25.0 Å². The van der Waals surface area contributed by atoms with Gasteiger partial charge in [0.25, 0.3) is 5.91 Å². The Morgan fingerprint density at radius 3 is 2.53 bits per heavy atom. The summed E-state index contributed by atoms with van der Waals surface area (Å²) in [6, 6.07) is 4.38. The number of amides is 1. The lowest BCUT2D eigenvalue weighted by Crippen LogP contribution is -2.34. The highest BCUT2D eigenvalue weighted by atomic mass is 16.5. The number of carbonyl (C=O) groups excluding carboxylic acids is 1. The first-order valence-corrected chi connectivity index (χ1v) is 12.2. The molecule has 1 aromatic heterocycles. The molecule has 0 unspecified atom stereocenters. The summed E-state index contributed by atoms with van der Waals surface area (Å²) < 4.78 is 11.4. The van der Waals surface area contributed by atoms with Crippen molar-refractivity contribution in [2.75, 3.05) is 37.7 Å². The van der Waals surface area contributed by atoms with Gasteiger partial charge in [0.05, 0.1) is 19.3 Å². The molecule has 1 aromatic carbocycles. The Morgan fingerprint density at radius 2 is 1.94 bits per heavy atom. The predicted molar refractivity (Wildman–Crippen MR) is 129 cm³/mol. The minimum absolute atomic E-state index is 0.0132. The Balaban J connectivity index is 1.40. The van der Waals surface area contributed by atoms with E-state index < -0.39 is 6.10 Å². The number of aromatic nitrogens is 2. The largest absolute Gasteiger partial charge is 0.494 e. The summed E-state index contributed by atoms with van der Waals surface area (Å²) in [4.78, 5) is 19.1. The molecule has 3 rings (SSSR count). The van der Waals surface area contributed by atoms with Gasteiger partial charge in [-0.3, -0.25) is 4.79 Å². The van der Waals surface area contributed by atoms with Crippen molar-refractivity contribution in [2.24, 2.45) is 5.92 Å². The normalized spacial score (nSPS) is 15.6. The first-order valence-electron chi connectivity index (χ1n) is 12.2. The number of aryl methyl sites for hydroxylation is 2. The van der Waals surface area contributed by atoms with Crippen LogP contribution in [0.1, 0.15) is 72.8 Å². The zero-order valence-corrected chi connectivity index (χ0v) is 20.7. The molecule has 0 saturated carbocycles. The second-order valence-electron chi connectivity index (χ2n) is 9.49. The molecule has 3 N–H and O–H groups in total. The van der Waals surface area contributed by atoms with Crippen LogP contribution in [0, 0.1) is 19.8 Å². The van der Waals surface area contributed by atoms with Gasteiger partial charge in [0.1, 0.15) is 5.75 Å². The summed E-state index contributed by atoms with van der Waals surface area (Å²) in [5.41, 5.74) is 2.21. The van der Waals surface area contributed by atoms with Gasteiger partial charge in [0.2, 0.25) is 0 Å². The Labute approximate surface area is 201 Å². The lowest BCUT2D eigenvalue weighted by Gasteiger charge is -2.30. The zero-order chi connectivity index (χ0) is 24.7. The number of aliphatic hydroxyl groups excluding tert-OH is 2. The monoisotopic (exact) mass is 474 g/mol. The Bertz CT molecular complexity index is 914. The average Bonchev–Trinajstić information content (AvgIpc) is 3.31. The molecule has 1 fully saturated rings. The van der Waals surface area contributed by atoms with Gasteiger partial charge >= 0.3 is 6.01 Å². The summed E-state index contributed by atoms with van der Waals surface area (Å²) in [7, 11) is 0. The topological polar surface area (TPSA) is 121 Å². The highest BCUT2D eigenvalue weighted by Crippen LogP contribution is 2.27. The quantitative estimate of drug-likeness (QED) is 0.425. The summed E-state index contributed by atoms with van der Waals surface area (Å²) in [5.74, 6) is 2.18. The summed E-state index contributed by atoms with van der Waals surface area (Å²) in [5, 5.41) is 25.0. The molecule has 34 heavy (non-hydrogen) atoms. The van der Waals surface area contributed by atoms with Gasteiger partial charge in [-0.05, 0) is 68.7 Å². The lowest BCUT2D eigenvalue weighted by molar-refractivity contribution is 0.0801. The number of ether oxygens (including phenoxy) is 1. The van der Waals surface area contributed by atoms with E-state index in [1.54, 1.807) is 0 Å². The van der Waals surface area contributed by atoms with Crippen LogP contribution in [0.15, 0.2) is 16.7 Å². The molecular weight excluding hydrogens is 436 g/mol. The minimum atomic E-state index is -0.962. The molecule has 0 aliphatic carbocycles. The number of hydrogen-bond donors (Lipinski definition) is 3. The molecular formula is C25H38N4O5. The molecule has 2 aromatic rings. The van der Waals surface area contributed by atoms with E-state index in [0.29, 0.717) is 24.1 Å². The van der Waals surface area contributed by atoms with Gasteiger partial charge in [-0.1, -0.05) is 19.0 Å². The van der Waals surface area contributed by atoms with E-state index in [9.17, 15) is 9.90 Å². The maximum Gasteiger partial charge on any atom is 0.324 e. The van der Waals surface area contributed by atoms with Gasteiger partial charge < -0.3 is 29.7 Å². The van der Waals surface area contributed by atoms with Crippen molar-refractivity contribution in [3.63, 3.8) is 0 Å². The SMILES string of the molecule is Cc1cc(OCCCC2CCN(c3nc(C(C)C)no3)CC2)cc(C)c1C(=O)NC[C@H](O)CO. The number of nitrogens with one attached hydrogen (secondary N) is 1. The predicted octanol–water partition coefficient (Wildman–Crippen LogP) is 2.97. The van der Waals surface area contributed by atoms with Crippen molar-refractivity contribution < 1.29 is 24.3 Å². The molecule has 1 aliphatic heterocycles. The summed E-state index contributed by atoms with van der Waals surface area (Å²) in [6.07, 6.45) is 3.33. The second kappa shape index (κ2) is 12.2. The Morgan fingerprint density at radius 1 is 1.26 bits per heavy atom. The van der Waals surface area contributed by atoms with Crippen LogP contribution in [0.4, 0.5) is 6.01 Å². The molecule has 9 heteroatoms. The molecule has 1 saturated heterocycles. The third-order valence-corrected chi connectivity index (χ3v) is 6.30. The van der Waals surface area contributed by atoms with Crippen LogP contribution >= 0.6 is 0 Å². The van der Waals surface area contributed by atoms with Crippen LogP contribution in [0.5, 0.6) is 5.75 Å². The van der Waals surface area contributed by atoms with Gasteiger partial charge in [-0.15, -0.1) is 0 Å². The first kappa shape index (κ1) is 26.0. The molecule has 1 atom stereocenters. The van der Waals surface area contributed by atoms with Gasteiger partial charge in [0, 0.05) is 31.1 Å². The first-order chi connectivity index (χ1) is 16.3. The fourth-order valence-corrected chi connectivity index (χ4v) is 4.29. The highest BCUT2D eigenvalue weighted by molar-refractivity contribution is 5.97. The standard InChI is InChI=1S/C25H38N4O5/c1-16(2)23-27-25(34-28-23)29-9-7-19(8-10-29)6-5-11-33-21-12-17(3)22(18(4)13-21)24(32)26-14-20(31)15-30/h12-13,16,19-20,30-31H,5-11,14-15H2,1-4H3,(H,26,32)/t20-/m0/s1. The smallest absolute Gasteiger partial charge is 0.324 e. The fraction of sp³-hybridized carbons (Fsp3) is 0.640. The number of piperidine rings is 1. The summed E-state index contributed by atoms with van der Waals surface area (Å²) in [6.45, 7) is 9.99. The number of aliphatic hydroxyl groups is 2. The molecule has 1 amide bonds. The third kappa shape index (κ3) is 6.93. The van der Waals surface area contributed by atoms with Crippen molar-refractivity contribution in [3.8, 4) is 5.75 Å². The number of rotatable bonds is 11. The number of hydrogen-bond acceptors (Lipinski definition) is 8. The summed E-state index contributed by atoms with van der Waals surface area (Å²) >= 11 is 0. The molecule has 2 heterocycles. The average molecular weight is 475 g/mol. The Kier molecular flexibility index (Phi) is 9.29. The molecule has 9 nitrogen and oxygen atoms in total. The number of nitrogens with zero attached hydrogens (tertiary/aromatic N) is 3. The van der Waals surface area contributed by atoms with Crippen molar-refractivity contribution in [1.82, 2.24) is 15.5 Å². The number of anilines is 1. The molecule has 0 spiro atoms. The molecule has 1 aliphatic rings. The van der Waals surface area contributed by atoms with Gasteiger partial charge in [-0.25, -0.2) is 0 Å². The lowest BCUT2D eigenvalue weighted by atomic mass is 9.92. The van der Waals surface area contributed by atoms with Crippen molar-refractivity contribution in [2.45, 2.75) is 65.4 Å². The van der Waals surface area contributed by atoms with Crippen molar-refractivity contribution in [1.29, 1.82) is 0 Å². The zero-order valence-electron chi connectivity index (χ0n) is 20.7. The maximum absolute atomic E-state index is 12.4. The maximum atomic E-state index is 12.4. The van der Waals surface area contributed by atoms with Crippen LogP contribution in [0.2, 0.25) is 0 Å². The van der Waals surface area contributed by atoms with E-state index in [2.05, 4.69) is 34.2 Å². The van der Waals surface area contributed by atoms with E-state index >= 15 is 0 Å². The Hall–Kier alpha value is -2.65. The number of carbonyl (C=O) groups is 1. The fourth-order valence-electron chi connectivity index (χ4n) is 4.29. The van der Waals surface area contributed by atoms with Crippen LogP contribution in [-0.2, 0) is 0 Å². The van der Waals surface area contributed by atoms with Gasteiger partial charge in [0.15, 0.2) is 5.82 Å². The number of benzene rings is 1. The van der Waals surface area contributed by atoms with Crippen LogP contribution in [-0.4, -0.2) is 65.2 Å². The van der Waals surface area contributed by atoms with Crippen LogP contribution < -0.4 is 15.0 Å². The minimum Gasteiger partial charge on any atom is -0.494 e. The van der Waals surface area contributed by atoms with Crippen molar-refractivity contribution in [3.05, 3.63) is 34.6 Å². The highest BCUT2D eigenvalue weighted by Gasteiger charge is 2.23. The second-order valence-corrected chi connectivity index (χ2v) is 9.49. The third-order valence-electron chi connectivity index (χ3n) is 6.30. The van der Waals surface area contributed by atoms with E-state index in [4.69, 9.17) is 14.4 Å². The van der Waals surface area contributed by atoms with Crippen LogP contribution in [0.25, 0.3) is 0 Å². The van der Waals surface area contributed by atoms with E-state index in [1.165, 1.54) is 0 Å². The molecule has 188 valence electrons. The van der Waals surface area contributed by atoms with E-state index in [1.807, 2.05) is 26.0 Å². The van der Waals surface area contributed by atoms with Crippen molar-refractivity contribution >= 4 is 11.9 Å². The van der Waals surface area contributed by atoms with Crippen LogP contribution in [0.3, 0.4) is 0 Å².